The Morgan fingerprint density at radius 2 is 2.16 bits per heavy atom. The zero-order valence-electron chi connectivity index (χ0n) is 10.8. The molecule has 19 heavy (non-hydrogen) atoms. The Balaban J connectivity index is 1.82. The Morgan fingerprint density at radius 1 is 1.42 bits per heavy atom. The summed E-state index contributed by atoms with van der Waals surface area (Å²) in [6, 6.07) is 9.17. The van der Waals surface area contributed by atoms with E-state index in [0.29, 0.717) is 17.5 Å². The molecular weight excluding hydrogens is 246 g/mol. The number of aryl methyl sites for hydroxylation is 1. The summed E-state index contributed by atoms with van der Waals surface area (Å²) < 4.78 is 10.4. The van der Waals surface area contributed by atoms with E-state index in [0.717, 1.165) is 0 Å². The molecule has 0 radical (unpaired) electrons. The number of nitrogens with zero attached hydrogens (tertiary/aromatic N) is 2. The zero-order chi connectivity index (χ0) is 13.7. The second-order valence-corrected chi connectivity index (χ2v) is 4.03. The summed E-state index contributed by atoms with van der Waals surface area (Å²) in [5, 5.41) is 6.31. The van der Waals surface area contributed by atoms with Gasteiger partial charge in [0.2, 0.25) is 5.89 Å². The predicted octanol–water partition coefficient (Wildman–Crippen LogP) is 1.46. The number of para-hydroxylation sites is 1. The molecule has 1 aromatic heterocycles. The van der Waals surface area contributed by atoms with E-state index in [9.17, 15) is 4.79 Å². The van der Waals surface area contributed by atoms with Gasteiger partial charge in [0.25, 0.3) is 5.91 Å². The third kappa shape index (κ3) is 3.80. The van der Waals surface area contributed by atoms with Gasteiger partial charge in [-0.1, -0.05) is 23.4 Å². The molecule has 6 heteroatoms. The van der Waals surface area contributed by atoms with Crippen LogP contribution < -0.4 is 10.1 Å². The first kappa shape index (κ1) is 13.1. The van der Waals surface area contributed by atoms with Crippen LogP contribution in [0, 0.1) is 6.92 Å². The number of benzene rings is 1. The summed E-state index contributed by atoms with van der Waals surface area (Å²) in [4.78, 5) is 15.8. The van der Waals surface area contributed by atoms with Crippen LogP contribution in [0.15, 0.2) is 34.9 Å². The molecule has 0 aliphatic carbocycles. The van der Waals surface area contributed by atoms with Crippen molar-refractivity contribution in [2.45, 2.75) is 26.5 Å². The van der Waals surface area contributed by atoms with Crippen LogP contribution in [0.25, 0.3) is 0 Å². The smallest absolute Gasteiger partial charge is 0.261 e. The summed E-state index contributed by atoms with van der Waals surface area (Å²) in [5.74, 6) is 1.33. The number of carbonyl (C=O) groups is 1. The lowest BCUT2D eigenvalue weighted by Crippen LogP contribution is -2.35. The summed E-state index contributed by atoms with van der Waals surface area (Å²) in [6.45, 7) is 3.60. The van der Waals surface area contributed by atoms with Crippen molar-refractivity contribution in [3.05, 3.63) is 42.0 Å². The lowest BCUT2D eigenvalue weighted by atomic mass is 10.3. The summed E-state index contributed by atoms with van der Waals surface area (Å²) >= 11 is 0. The van der Waals surface area contributed by atoms with E-state index in [2.05, 4.69) is 15.5 Å². The maximum atomic E-state index is 11.8. The molecule has 1 amide bonds. The molecule has 0 bridgehead atoms. The highest BCUT2D eigenvalue weighted by Gasteiger charge is 2.15. The van der Waals surface area contributed by atoms with Crippen molar-refractivity contribution in [2.75, 3.05) is 0 Å². The van der Waals surface area contributed by atoms with Gasteiger partial charge in [-0.15, -0.1) is 0 Å². The Hall–Kier alpha value is -2.37. The number of aromatic nitrogens is 2. The number of amides is 1. The van der Waals surface area contributed by atoms with E-state index in [1.807, 2.05) is 18.2 Å². The van der Waals surface area contributed by atoms with Gasteiger partial charge in [-0.3, -0.25) is 4.79 Å². The van der Waals surface area contributed by atoms with Crippen LogP contribution in [0.5, 0.6) is 5.75 Å². The molecule has 0 spiro atoms. The highest BCUT2D eigenvalue weighted by Crippen LogP contribution is 2.10. The molecule has 6 nitrogen and oxygen atoms in total. The van der Waals surface area contributed by atoms with Crippen LogP contribution >= 0.6 is 0 Å². The molecule has 1 heterocycles. The van der Waals surface area contributed by atoms with Gasteiger partial charge in [0, 0.05) is 0 Å². The lowest BCUT2D eigenvalue weighted by Gasteiger charge is -2.13. The van der Waals surface area contributed by atoms with Crippen LogP contribution in [0.3, 0.4) is 0 Å². The first-order valence-electron chi connectivity index (χ1n) is 5.94. The Morgan fingerprint density at radius 3 is 2.79 bits per heavy atom. The minimum Gasteiger partial charge on any atom is -0.481 e. The van der Waals surface area contributed by atoms with Gasteiger partial charge in [0.05, 0.1) is 6.54 Å². The van der Waals surface area contributed by atoms with Crippen molar-refractivity contribution in [3.8, 4) is 5.75 Å². The highest BCUT2D eigenvalue weighted by atomic mass is 16.5. The molecule has 2 rings (SSSR count). The van der Waals surface area contributed by atoms with E-state index in [1.54, 1.807) is 26.0 Å². The quantitative estimate of drug-likeness (QED) is 0.881. The fourth-order valence-corrected chi connectivity index (χ4v) is 1.48. The normalized spacial score (nSPS) is 11.9. The standard InChI is InChI=1S/C13H15N3O3/c1-9(18-11-6-4-3-5-7-11)13(17)14-8-12-15-10(2)16-19-12/h3-7,9H,8H2,1-2H3,(H,14,17)/t9-/m1/s1. The Kier molecular flexibility index (Phi) is 4.12. The number of ether oxygens (including phenoxy) is 1. The van der Waals surface area contributed by atoms with Crippen molar-refractivity contribution in [2.24, 2.45) is 0 Å². The summed E-state index contributed by atoms with van der Waals surface area (Å²) in [5.41, 5.74) is 0. The van der Waals surface area contributed by atoms with E-state index >= 15 is 0 Å². The third-order valence-corrected chi connectivity index (χ3v) is 2.41. The van der Waals surface area contributed by atoms with Gasteiger partial charge in [-0.25, -0.2) is 0 Å². The number of rotatable bonds is 5. The molecule has 100 valence electrons. The van der Waals surface area contributed by atoms with Crippen LogP contribution in [0.2, 0.25) is 0 Å². The number of hydrogen-bond acceptors (Lipinski definition) is 5. The molecule has 1 N–H and O–H groups in total. The second-order valence-electron chi connectivity index (χ2n) is 4.03. The Labute approximate surface area is 110 Å². The van der Waals surface area contributed by atoms with Gasteiger partial charge in [-0.2, -0.15) is 4.98 Å². The Bertz CT molecular complexity index is 539. The minimum atomic E-state index is -0.591. The van der Waals surface area contributed by atoms with Crippen molar-refractivity contribution in [3.63, 3.8) is 0 Å². The van der Waals surface area contributed by atoms with Crippen molar-refractivity contribution in [1.29, 1.82) is 0 Å². The molecule has 0 saturated carbocycles. The van der Waals surface area contributed by atoms with Gasteiger partial charge in [-0.05, 0) is 26.0 Å². The number of carbonyl (C=O) groups excluding carboxylic acids is 1. The first-order chi connectivity index (χ1) is 9.15. The van der Waals surface area contributed by atoms with Crippen molar-refractivity contribution < 1.29 is 14.1 Å². The topological polar surface area (TPSA) is 77.2 Å². The van der Waals surface area contributed by atoms with Crippen molar-refractivity contribution >= 4 is 5.91 Å². The van der Waals surface area contributed by atoms with Gasteiger partial charge in [0.15, 0.2) is 11.9 Å². The van der Waals surface area contributed by atoms with Crippen LogP contribution in [-0.2, 0) is 11.3 Å². The lowest BCUT2D eigenvalue weighted by molar-refractivity contribution is -0.127. The van der Waals surface area contributed by atoms with Crippen molar-refractivity contribution in [1.82, 2.24) is 15.5 Å². The van der Waals surface area contributed by atoms with Gasteiger partial charge < -0.3 is 14.6 Å². The van der Waals surface area contributed by atoms with E-state index < -0.39 is 6.10 Å². The maximum Gasteiger partial charge on any atom is 0.261 e. The minimum absolute atomic E-state index is 0.197. The average Bonchev–Trinajstić information content (AvgIpc) is 2.83. The maximum absolute atomic E-state index is 11.8. The molecule has 1 aromatic carbocycles. The number of hydrogen-bond donors (Lipinski definition) is 1. The average molecular weight is 261 g/mol. The fourth-order valence-electron chi connectivity index (χ4n) is 1.48. The van der Waals surface area contributed by atoms with Crippen LogP contribution in [-0.4, -0.2) is 22.2 Å². The highest BCUT2D eigenvalue weighted by molar-refractivity contribution is 5.80. The molecular formula is C13H15N3O3. The molecule has 0 fully saturated rings. The zero-order valence-corrected chi connectivity index (χ0v) is 10.8. The molecule has 0 aliphatic rings. The summed E-state index contributed by atoms with van der Waals surface area (Å²) in [6.07, 6.45) is -0.591. The molecule has 1 atom stereocenters. The SMILES string of the molecule is Cc1noc(CNC(=O)[C@@H](C)Oc2ccccc2)n1. The number of nitrogens with one attached hydrogen (secondary N) is 1. The molecule has 0 unspecified atom stereocenters. The second kappa shape index (κ2) is 5.99. The third-order valence-electron chi connectivity index (χ3n) is 2.41. The summed E-state index contributed by atoms with van der Waals surface area (Å²) in [7, 11) is 0. The predicted molar refractivity (Wildman–Crippen MR) is 67.4 cm³/mol. The molecule has 2 aromatic rings. The van der Waals surface area contributed by atoms with Gasteiger partial charge in [0.1, 0.15) is 5.75 Å². The largest absolute Gasteiger partial charge is 0.481 e. The fraction of sp³-hybridized carbons (Fsp3) is 0.308. The van der Waals surface area contributed by atoms with E-state index in [4.69, 9.17) is 9.26 Å². The van der Waals surface area contributed by atoms with E-state index in [-0.39, 0.29) is 12.5 Å². The van der Waals surface area contributed by atoms with Crippen LogP contribution in [0.1, 0.15) is 18.6 Å². The van der Waals surface area contributed by atoms with Gasteiger partial charge >= 0.3 is 0 Å². The van der Waals surface area contributed by atoms with Crippen LogP contribution in [0.4, 0.5) is 0 Å². The first-order valence-corrected chi connectivity index (χ1v) is 5.94. The monoisotopic (exact) mass is 261 g/mol. The molecule has 0 aliphatic heterocycles. The van der Waals surface area contributed by atoms with E-state index in [1.165, 1.54) is 0 Å². The molecule has 0 saturated heterocycles.